The van der Waals surface area contributed by atoms with Crippen LogP contribution in [0.1, 0.15) is 56.2 Å². The van der Waals surface area contributed by atoms with Gasteiger partial charge in [0.25, 0.3) is 11.8 Å². The molecule has 2 amide bonds. The molecule has 0 bridgehead atoms. The first-order valence-corrected chi connectivity index (χ1v) is 13.4. The molecule has 37 heavy (non-hydrogen) atoms. The quantitative estimate of drug-likeness (QED) is 0.176. The first kappa shape index (κ1) is 26.9. The number of carbonyl (C=O) groups excluding carboxylic acids is 2. The highest BCUT2D eigenvalue weighted by atomic mass is 127. The van der Waals surface area contributed by atoms with E-state index in [9.17, 15) is 14.4 Å². The van der Waals surface area contributed by atoms with Crippen LogP contribution < -0.4 is 10.2 Å². The van der Waals surface area contributed by atoms with Gasteiger partial charge in [0.1, 0.15) is 0 Å². The number of rotatable bonds is 5. The number of anilines is 2. The zero-order chi connectivity index (χ0) is 26.7. The van der Waals surface area contributed by atoms with Crippen molar-refractivity contribution in [2.24, 2.45) is 0 Å². The number of fused-ring (bicyclic) bond motifs is 1. The van der Waals surface area contributed by atoms with Gasteiger partial charge in [0.05, 0.1) is 0 Å². The smallest absolute Gasteiger partial charge is 0.450 e. The fourth-order valence-corrected chi connectivity index (χ4v) is 5.77. The Labute approximate surface area is 233 Å². The van der Waals surface area contributed by atoms with Crippen LogP contribution in [0.2, 0.25) is 5.02 Å². The lowest BCUT2D eigenvalue weighted by Crippen LogP contribution is -2.32. The average molecular weight is 633 g/mol. The van der Waals surface area contributed by atoms with Crippen molar-refractivity contribution in [2.75, 3.05) is 16.8 Å². The van der Waals surface area contributed by atoms with Crippen molar-refractivity contribution >= 4 is 63.5 Å². The van der Waals surface area contributed by atoms with Gasteiger partial charge in [-0.15, -0.1) is 0 Å². The molecule has 2 unspecified atom stereocenters. The summed E-state index contributed by atoms with van der Waals surface area (Å²) < 4.78 is 4.42. The van der Waals surface area contributed by atoms with Crippen molar-refractivity contribution in [1.29, 1.82) is 0 Å². The molecule has 1 aliphatic rings. The van der Waals surface area contributed by atoms with E-state index in [4.69, 9.17) is 21.4 Å². The molecule has 3 aromatic carbocycles. The molecule has 0 aliphatic carbocycles. The standard InChI is InChI=1S/C28H26ClIN2O5/c1-16-6-3-4-7-20(16)26(33)31-19-10-11-21(17(2)14-19)27(34)32-13-5-8-22(25(30)37-28(35)36)23-15-18(29)9-12-24(23)32/h3-4,6-7,9-12,14-15,22,25H,5,8,13H2,1-2H3,(H,31,33)(H,35,36). The molecule has 0 fully saturated rings. The first-order chi connectivity index (χ1) is 17.7. The molecule has 0 saturated heterocycles. The van der Waals surface area contributed by atoms with E-state index in [1.54, 1.807) is 47.4 Å². The van der Waals surface area contributed by atoms with Crippen molar-refractivity contribution in [2.45, 2.75) is 36.7 Å². The highest BCUT2D eigenvalue weighted by molar-refractivity contribution is 14.1. The summed E-state index contributed by atoms with van der Waals surface area (Å²) in [4.78, 5) is 39.3. The fourth-order valence-electron chi connectivity index (χ4n) is 4.63. The highest BCUT2D eigenvalue weighted by Crippen LogP contribution is 2.41. The predicted octanol–water partition coefficient (Wildman–Crippen LogP) is 7.19. The molecule has 192 valence electrons. The van der Waals surface area contributed by atoms with Gasteiger partial charge in [0, 0.05) is 40.0 Å². The van der Waals surface area contributed by atoms with Crippen LogP contribution in [0.5, 0.6) is 0 Å². The Bertz CT molecular complexity index is 1360. The predicted molar refractivity (Wildman–Crippen MR) is 152 cm³/mol. The third-order valence-corrected chi connectivity index (χ3v) is 7.81. The van der Waals surface area contributed by atoms with E-state index in [1.165, 1.54) is 0 Å². The fraction of sp³-hybridized carbons (Fsp3) is 0.250. The second-order valence-corrected chi connectivity index (χ2v) is 10.6. The van der Waals surface area contributed by atoms with E-state index in [0.29, 0.717) is 46.9 Å². The lowest BCUT2D eigenvalue weighted by atomic mass is 9.94. The molecule has 9 heteroatoms. The van der Waals surface area contributed by atoms with Crippen LogP contribution in [0.15, 0.2) is 60.7 Å². The number of aryl methyl sites for hydroxylation is 2. The zero-order valence-corrected chi connectivity index (χ0v) is 23.2. The summed E-state index contributed by atoms with van der Waals surface area (Å²) in [6, 6.07) is 17.9. The summed E-state index contributed by atoms with van der Waals surface area (Å²) in [7, 11) is 0. The Morgan fingerprint density at radius 1 is 1.05 bits per heavy atom. The van der Waals surface area contributed by atoms with Gasteiger partial charge in [-0.05, 0) is 108 Å². The molecule has 1 aliphatic heterocycles. The maximum atomic E-state index is 13.8. The van der Waals surface area contributed by atoms with Crippen molar-refractivity contribution in [1.82, 2.24) is 0 Å². The molecular formula is C28H26ClIN2O5. The zero-order valence-electron chi connectivity index (χ0n) is 20.3. The topological polar surface area (TPSA) is 95.9 Å². The van der Waals surface area contributed by atoms with Crippen LogP contribution in [0.4, 0.5) is 16.2 Å². The Kier molecular flexibility index (Phi) is 8.39. The molecule has 7 nitrogen and oxygen atoms in total. The number of hydrogen-bond acceptors (Lipinski definition) is 4. The third kappa shape index (κ3) is 6.07. The number of carboxylic acid groups (broad SMARTS) is 1. The van der Waals surface area contributed by atoms with E-state index in [2.05, 4.69) is 5.32 Å². The number of hydrogen-bond donors (Lipinski definition) is 2. The number of ether oxygens (including phenoxy) is 1. The van der Waals surface area contributed by atoms with Gasteiger partial charge in [-0.2, -0.15) is 0 Å². The maximum Gasteiger partial charge on any atom is 0.506 e. The van der Waals surface area contributed by atoms with E-state index in [0.717, 1.165) is 16.7 Å². The molecule has 0 saturated carbocycles. The molecule has 4 rings (SSSR count). The van der Waals surface area contributed by atoms with Crippen molar-refractivity contribution in [3.8, 4) is 0 Å². The highest BCUT2D eigenvalue weighted by Gasteiger charge is 2.33. The summed E-state index contributed by atoms with van der Waals surface area (Å²) in [5.74, 6) is -0.635. The van der Waals surface area contributed by atoms with Crippen molar-refractivity contribution < 1.29 is 24.2 Å². The molecule has 0 spiro atoms. The number of halogens is 2. The molecule has 2 atom stereocenters. The first-order valence-electron chi connectivity index (χ1n) is 11.8. The van der Waals surface area contributed by atoms with Crippen LogP contribution in [0, 0.1) is 13.8 Å². The van der Waals surface area contributed by atoms with Crippen LogP contribution in [-0.4, -0.2) is 33.7 Å². The van der Waals surface area contributed by atoms with Crippen LogP contribution in [0.25, 0.3) is 0 Å². The normalized spacial score (nSPS) is 15.8. The van der Waals surface area contributed by atoms with E-state index >= 15 is 0 Å². The SMILES string of the molecule is Cc1ccccc1C(=O)Nc1ccc(C(=O)N2CCCC(C(I)OC(=O)O)c3cc(Cl)ccc32)c(C)c1. The summed E-state index contributed by atoms with van der Waals surface area (Å²) in [6.45, 7) is 4.18. The number of alkyl halides is 1. The summed E-state index contributed by atoms with van der Waals surface area (Å²) >= 11 is 8.27. The van der Waals surface area contributed by atoms with E-state index in [-0.39, 0.29) is 17.7 Å². The number of benzene rings is 3. The summed E-state index contributed by atoms with van der Waals surface area (Å²) in [5, 5.41) is 12.5. The number of nitrogens with one attached hydrogen (secondary N) is 1. The minimum absolute atomic E-state index is 0.178. The molecule has 0 aromatic heterocycles. The maximum absolute atomic E-state index is 13.8. The summed E-state index contributed by atoms with van der Waals surface area (Å²) in [6.07, 6.45) is -0.0410. The third-order valence-electron chi connectivity index (χ3n) is 6.46. The second-order valence-electron chi connectivity index (χ2n) is 8.94. The molecule has 1 heterocycles. The number of amides is 2. The van der Waals surface area contributed by atoms with Gasteiger partial charge in [-0.25, -0.2) is 4.79 Å². The van der Waals surface area contributed by atoms with Crippen LogP contribution in [-0.2, 0) is 4.74 Å². The lowest BCUT2D eigenvalue weighted by Gasteiger charge is -2.26. The van der Waals surface area contributed by atoms with Crippen molar-refractivity contribution in [3.63, 3.8) is 0 Å². The molecule has 3 aromatic rings. The minimum atomic E-state index is -1.34. The van der Waals surface area contributed by atoms with Crippen molar-refractivity contribution in [3.05, 3.63) is 93.5 Å². The summed E-state index contributed by atoms with van der Waals surface area (Å²) in [5.41, 5.74) is 4.77. The molecular weight excluding hydrogens is 607 g/mol. The Morgan fingerprint density at radius 2 is 1.81 bits per heavy atom. The number of carbonyl (C=O) groups is 3. The largest absolute Gasteiger partial charge is 0.506 e. The molecule has 0 radical (unpaired) electrons. The minimum Gasteiger partial charge on any atom is -0.450 e. The van der Waals surface area contributed by atoms with Crippen LogP contribution in [0.3, 0.4) is 0 Å². The van der Waals surface area contributed by atoms with Gasteiger partial charge < -0.3 is 20.1 Å². The van der Waals surface area contributed by atoms with E-state index in [1.807, 2.05) is 54.6 Å². The Morgan fingerprint density at radius 3 is 2.51 bits per heavy atom. The van der Waals surface area contributed by atoms with Gasteiger partial charge in [0.2, 0.25) is 0 Å². The van der Waals surface area contributed by atoms with Crippen LogP contribution >= 0.6 is 34.2 Å². The molecule has 2 N–H and O–H groups in total. The van der Waals surface area contributed by atoms with Gasteiger partial charge in [0.15, 0.2) is 4.11 Å². The van der Waals surface area contributed by atoms with Gasteiger partial charge in [-0.1, -0.05) is 29.8 Å². The average Bonchev–Trinajstić information content (AvgIpc) is 3.03. The Hall–Kier alpha value is -3.11. The number of nitrogens with zero attached hydrogens (tertiary/aromatic N) is 1. The Balaban J connectivity index is 1.61. The van der Waals surface area contributed by atoms with E-state index < -0.39 is 10.3 Å². The van der Waals surface area contributed by atoms with Gasteiger partial charge >= 0.3 is 6.16 Å². The lowest BCUT2D eigenvalue weighted by molar-refractivity contribution is 0.0784. The monoisotopic (exact) mass is 632 g/mol. The van der Waals surface area contributed by atoms with Gasteiger partial charge in [-0.3, -0.25) is 9.59 Å². The second kappa shape index (κ2) is 11.5.